The van der Waals surface area contributed by atoms with E-state index in [9.17, 15) is 4.79 Å². The molecule has 1 aliphatic rings. The Balaban J connectivity index is 0.00000441. The van der Waals surface area contributed by atoms with E-state index < -0.39 is 0 Å². The molecule has 0 bridgehead atoms. The first-order chi connectivity index (χ1) is 10.2. The van der Waals surface area contributed by atoms with Gasteiger partial charge in [0.05, 0.1) is 12.5 Å². The molecule has 1 aliphatic heterocycles. The van der Waals surface area contributed by atoms with Gasteiger partial charge < -0.3 is 15.0 Å². The normalized spacial score (nSPS) is 16.1. The lowest BCUT2D eigenvalue weighted by atomic mass is 9.97. The van der Waals surface area contributed by atoms with Gasteiger partial charge in [0, 0.05) is 26.2 Å². The zero-order valence-corrected chi connectivity index (χ0v) is 16.6. The summed E-state index contributed by atoms with van der Waals surface area (Å²) in [5.74, 6) is 1.02. The number of hydrogen-bond acceptors (Lipinski definition) is 3. The molecule has 0 amide bonds. The number of nitrogens with one attached hydrogen (secondary N) is 1. The summed E-state index contributed by atoms with van der Waals surface area (Å²) in [6.45, 7) is 10.1. The number of esters is 1. The second-order valence-electron chi connectivity index (χ2n) is 5.46. The molecule has 1 fully saturated rings. The van der Waals surface area contributed by atoms with Crippen LogP contribution in [0.1, 0.15) is 52.9 Å². The van der Waals surface area contributed by atoms with Crippen molar-refractivity contribution in [3.8, 4) is 0 Å². The summed E-state index contributed by atoms with van der Waals surface area (Å²) in [6.07, 6.45) is 5.31. The van der Waals surface area contributed by atoms with E-state index >= 15 is 0 Å². The highest BCUT2D eigenvalue weighted by Gasteiger charge is 2.27. The molecule has 0 aromatic rings. The van der Waals surface area contributed by atoms with Crippen molar-refractivity contribution >= 4 is 35.9 Å². The number of piperidine rings is 1. The van der Waals surface area contributed by atoms with Gasteiger partial charge >= 0.3 is 5.97 Å². The van der Waals surface area contributed by atoms with Crippen molar-refractivity contribution in [1.29, 1.82) is 0 Å². The van der Waals surface area contributed by atoms with Crippen LogP contribution in [-0.4, -0.2) is 49.6 Å². The summed E-state index contributed by atoms with van der Waals surface area (Å²) in [7, 11) is 0. The summed E-state index contributed by atoms with van der Waals surface area (Å²) in [6, 6.07) is 0. The van der Waals surface area contributed by atoms with E-state index in [0.29, 0.717) is 6.61 Å². The Morgan fingerprint density at radius 2 is 1.91 bits per heavy atom. The van der Waals surface area contributed by atoms with Crippen molar-refractivity contribution in [2.45, 2.75) is 52.9 Å². The monoisotopic (exact) mass is 425 g/mol. The maximum absolute atomic E-state index is 11.8. The molecule has 0 saturated carbocycles. The molecule has 6 heteroatoms. The second kappa shape index (κ2) is 13.0. The van der Waals surface area contributed by atoms with Gasteiger partial charge in [-0.2, -0.15) is 0 Å². The van der Waals surface area contributed by atoms with E-state index in [0.717, 1.165) is 51.4 Å². The molecule has 1 saturated heterocycles. The molecular formula is C16H32IN3O2. The minimum atomic E-state index is -0.0398. The SMILES string of the molecule is CCCCCN=C(NCC)N1CCC(C(=O)OCC)CC1.I. The van der Waals surface area contributed by atoms with E-state index in [-0.39, 0.29) is 35.9 Å². The molecule has 0 radical (unpaired) electrons. The first kappa shape index (κ1) is 21.5. The van der Waals surface area contributed by atoms with Crippen LogP contribution in [0.3, 0.4) is 0 Å². The smallest absolute Gasteiger partial charge is 0.309 e. The molecule has 1 N–H and O–H groups in total. The largest absolute Gasteiger partial charge is 0.466 e. The number of likely N-dealkylation sites (tertiary alicyclic amines) is 1. The Labute approximate surface area is 152 Å². The predicted octanol–water partition coefficient (Wildman–Crippen LogP) is 3.04. The molecule has 1 rings (SSSR count). The maximum Gasteiger partial charge on any atom is 0.309 e. The maximum atomic E-state index is 11.8. The van der Waals surface area contributed by atoms with Crippen molar-refractivity contribution in [3.63, 3.8) is 0 Å². The highest BCUT2D eigenvalue weighted by molar-refractivity contribution is 14.0. The fraction of sp³-hybridized carbons (Fsp3) is 0.875. The van der Waals surface area contributed by atoms with Gasteiger partial charge in [0.2, 0.25) is 0 Å². The van der Waals surface area contributed by atoms with Gasteiger partial charge in [0.1, 0.15) is 0 Å². The van der Waals surface area contributed by atoms with Gasteiger partial charge in [0.15, 0.2) is 5.96 Å². The number of hydrogen-bond donors (Lipinski definition) is 1. The van der Waals surface area contributed by atoms with E-state index in [1.54, 1.807) is 0 Å². The molecule has 22 heavy (non-hydrogen) atoms. The topological polar surface area (TPSA) is 53.9 Å². The van der Waals surface area contributed by atoms with Gasteiger partial charge in [0.25, 0.3) is 0 Å². The third kappa shape index (κ3) is 7.65. The summed E-state index contributed by atoms with van der Waals surface area (Å²) in [5, 5.41) is 3.36. The summed E-state index contributed by atoms with van der Waals surface area (Å²) in [4.78, 5) is 18.7. The van der Waals surface area contributed by atoms with Crippen molar-refractivity contribution in [3.05, 3.63) is 0 Å². The van der Waals surface area contributed by atoms with E-state index in [4.69, 9.17) is 9.73 Å². The molecule has 0 atom stereocenters. The van der Waals surface area contributed by atoms with E-state index in [2.05, 4.69) is 24.1 Å². The summed E-state index contributed by atoms with van der Waals surface area (Å²) >= 11 is 0. The average Bonchev–Trinajstić information content (AvgIpc) is 2.51. The molecule has 0 spiro atoms. The van der Waals surface area contributed by atoms with Crippen molar-refractivity contribution in [2.75, 3.05) is 32.8 Å². The molecule has 130 valence electrons. The van der Waals surface area contributed by atoms with Crippen LogP contribution >= 0.6 is 24.0 Å². The Kier molecular flexibility index (Phi) is 12.6. The fourth-order valence-electron chi connectivity index (χ4n) is 2.56. The van der Waals surface area contributed by atoms with Crippen LogP contribution in [0.2, 0.25) is 0 Å². The van der Waals surface area contributed by atoms with Crippen LogP contribution in [0, 0.1) is 5.92 Å². The quantitative estimate of drug-likeness (QED) is 0.224. The predicted molar refractivity (Wildman–Crippen MR) is 102 cm³/mol. The van der Waals surface area contributed by atoms with Crippen LogP contribution in [0.15, 0.2) is 4.99 Å². The number of unbranched alkanes of at least 4 members (excludes halogenated alkanes) is 2. The van der Waals surface area contributed by atoms with Crippen LogP contribution in [0.4, 0.5) is 0 Å². The third-order valence-corrected chi connectivity index (χ3v) is 3.77. The minimum Gasteiger partial charge on any atom is -0.466 e. The number of guanidine groups is 1. The van der Waals surface area contributed by atoms with E-state index in [1.165, 1.54) is 12.8 Å². The van der Waals surface area contributed by atoms with Crippen LogP contribution in [0.5, 0.6) is 0 Å². The summed E-state index contributed by atoms with van der Waals surface area (Å²) < 4.78 is 5.11. The number of ether oxygens (including phenoxy) is 1. The fourth-order valence-corrected chi connectivity index (χ4v) is 2.56. The van der Waals surface area contributed by atoms with E-state index in [1.807, 2.05) is 6.92 Å². The molecule has 0 aliphatic carbocycles. The average molecular weight is 425 g/mol. The molecule has 0 aromatic carbocycles. The molecule has 5 nitrogen and oxygen atoms in total. The van der Waals surface area contributed by atoms with Gasteiger partial charge in [-0.05, 0) is 33.1 Å². The Hall–Kier alpha value is -0.530. The third-order valence-electron chi connectivity index (χ3n) is 3.77. The zero-order valence-electron chi connectivity index (χ0n) is 14.3. The number of aliphatic imine (C=N–C) groups is 1. The van der Waals surface area contributed by atoms with Gasteiger partial charge in [-0.25, -0.2) is 0 Å². The lowest BCUT2D eigenvalue weighted by molar-refractivity contribution is -0.149. The standard InChI is InChI=1S/C16H31N3O2.HI/c1-4-7-8-11-18-16(17-5-2)19-12-9-14(10-13-19)15(20)21-6-3;/h14H,4-13H2,1-3H3,(H,17,18);1H. The highest BCUT2D eigenvalue weighted by atomic mass is 127. The van der Waals surface area contributed by atoms with Crippen molar-refractivity contribution < 1.29 is 9.53 Å². The Bertz CT molecular complexity index is 329. The molecule has 1 heterocycles. The molecule has 0 unspecified atom stereocenters. The number of carbonyl (C=O) groups excluding carboxylic acids is 1. The second-order valence-corrected chi connectivity index (χ2v) is 5.46. The van der Waals surface area contributed by atoms with Gasteiger partial charge in [-0.3, -0.25) is 9.79 Å². The van der Waals surface area contributed by atoms with Crippen molar-refractivity contribution in [1.82, 2.24) is 10.2 Å². The Morgan fingerprint density at radius 3 is 2.45 bits per heavy atom. The van der Waals surface area contributed by atoms with Crippen LogP contribution in [0.25, 0.3) is 0 Å². The number of halogens is 1. The molecule has 0 aromatic heterocycles. The number of nitrogens with zero attached hydrogens (tertiary/aromatic N) is 2. The lowest BCUT2D eigenvalue weighted by Crippen LogP contribution is -2.46. The number of rotatable bonds is 7. The van der Waals surface area contributed by atoms with Crippen molar-refractivity contribution in [2.24, 2.45) is 10.9 Å². The van der Waals surface area contributed by atoms with Gasteiger partial charge in [-0.15, -0.1) is 24.0 Å². The highest BCUT2D eigenvalue weighted by Crippen LogP contribution is 2.18. The molecular weight excluding hydrogens is 393 g/mol. The lowest BCUT2D eigenvalue weighted by Gasteiger charge is -2.33. The van der Waals surface area contributed by atoms with Crippen LogP contribution in [-0.2, 0) is 9.53 Å². The van der Waals surface area contributed by atoms with Crippen LogP contribution < -0.4 is 5.32 Å². The number of carbonyl (C=O) groups is 1. The first-order valence-corrected chi connectivity index (χ1v) is 8.42. The minimum absolute atomic E-state index is 0. The van der Waals surface area contributed by atoms with Gasteiger partial charge in [-0.1, -0.05) is 19.8 Å². The first-order valence-electron chi connectivity index (χ1n) is 8.42. The Morgan fingerprint density at radius 1 is 1.23 bits per heavy atom. The summed E-state index contributed by atoms with van der Waals surface area (Å²) in [5.41, 5.74) is 0. The zero-order chi connectivity index (χ0) is 15.5.